The molecule has 3 aromatic rings. The number of hydrogen-bond acceptors (Lipinski definition) is 2. The normalized spacial score (nSPS) is 16.5. The lowest BCUT2D eigenvalue weighted by molar-refractivity contribution is -0.146. The largest absolute Gasteiger partial charge is 0.458 e. The van der Waals surface area contributed by atoms with Gasteiger partial charge in [-0.05, 0) is 56.9 Å². The average molecular weight is 302 g/mol. The minimum atomic E-state index is -0.146. The average Bonchev–Trinajstić information content (AvgIpc) is 2.58. The van der Waals surface area contributed by atoms with Crippen molar-refractivity contribution in [1.82, 2.24) is 0 Å². The lowest BCUT2D eigenvalue weighted by Gasteiger charge is -2.20. The van der Waals surface area contributed by atoms with Gasteiger partial charge in [0.25, 0.3) is 0 Å². The van der Waals surface area contributed by atoms with Gasteiger partial charge in [0, 0.05) is 12.8 Å². The van der Waals surface area contributed by atoms with Gasteiger partial charge in [-0.1, -0.05) is 43.3 Å². The first-order valence-electron chi connectivity index (χ1n) is 8.06. The number of fused-ring (bicyclic) bond motifs is 3. The van der Waals surface area contributed by atoms with Crippen molar-refractivity contribution in [2.45, 2.75) is 25.9 Å². The molecule has 0 amide bonds. The molecule has 0 N–H and O–H groups in total. The third kappa shape index (κ3) is 2.61. The van der Waals surface area contributed by atoms with Crippen LogP contribution in [0.1, 0.15) is 24.5 Å². The Bertz CT molecular complexity index is 937. The summed E-state index contributed by atoms with van der Waals surface area (Å²) >= 11 is 0. The van der Waals surface area contributed by atoms with Crippen LogP contribution in [0.2, 0.25) is 0 Å². The van der Waals surface area contributed by atoms with Gasteiger partial charge >= 0.3 is 5.97 Å². The van der Waals surface area contributed by atoms with E-state index in [1.165, 1.54) is 32.7 Å². The summed E-state index contributed by atoms with van der Waals surface area (Å²) < 4.78 is 5.45. The van der Waals surface area contributed by atoms with E-state index in [0.717, 1.165) is 6.42 Å². The van der Waals surface area contributed by atoms with Crippen LogP contribution in [0, 0.1) is 0 Å². The second-order valence-electron chi connectivity index (χ2n) is 6.04. The number of carbonyl (C=O) groups excluding carboxylic acids is 1. The van der Waals surface area contributed by atoms with Gasteiger partial charge in [-0.15, -0.1) is 0 Å². The molecule has 0 spiro atoms. The monoisotopic (exact) mass is 302 g/mol. The molecule has 1 aliphatic carbocycles. The molecular weight excluding hydrogens is 284 g/mol. The van der Waals surface area contributed by atoms with Crippen molar-refractivity contribution >= 4 is 33.6 Å². The number of rotatable bonds is 2. The van der Waals surface area contributed by atoms with Crippen molar-refractivity contribution in [2.75, 3.05) is 0 Å². The van der Waals surface area contributed by atoms with Crippen molar-refractivity contribution in [3.05, 3.63) is 65.7 Å². The molecule has 0 saturated carbocycles. The zero-order valence-electron chi connectivity index (χ0n) is 13.1. The standard InChI is InChI=1S/C21H18O2/c1-2-21(22)23-20-8-7-16-11-17-9-14-5-3-4-6-15(14)10-18(17)12-19(16)13-20/h3-12,20H,2,13H2,1H3. The molecule has 1 atom stereocenters. The van der Waals surface area contributed by atoms with E-state index in [0.29, 0.717) is 6.42 Å². The molecule has 0 fully saturated rings. The van der Waals surface area contributed by atoms with E-state index in [1.807, 2.05) is 13.0 Å². The van der Waals surface area contributed by atoms with Crippen molar-refractivity contribution < 1.29 is 9.53 Å². The molecule has 1 aliphatic rings. The van der Waals surface area contributed by atoms with Gasteiger partial charge < -0.3 is 4.74 Å². The van der Waals surface area contributed by atoms with Crippen LogP contribution in [0.25, 0.3) is 27.6 Å². The highest BCUT2D eigenvalue weighted by atomic mass is 16.5. The first-order valence-corrected chi connectivity index (χ1v) is 8.06. The fourth-order valence-electron chi connectivity index (χ4n) is 3.22. The third-order valence-corrected chi connectivity index (χ3v) is 4.45. The summed E-state index contributed by atoms with van der Waals surface area (Å²) in [5.41, 5.74) is 2.46. The summed E-state index contributed by atoms with van der Waals surface area (Å²) in [6.45, 7) is 1.82. The molecule has 114 valence electrons. The second kappa shape index (κ2) is 5.54. The molecular formula is C21H18O2. The SMILES string of the molecule is CCC(=O)OC1C=Cc2cc3cc4ccccc4cc3cc2C1. The van der Waals surface area contributed by atoms with Crippen molar-refractivity contribution in [3.8, 4) is 0 Å². The van der Waals surface area contributed by atoms with E-state index >= 15 is 0 Å². The maximum Gasteiger partial charge on any atom is 0.306 e. The van der Waals surface area contributed by atoms with Crippen LogP contribution in [0.3, 0.4) is 0 Å². The summed E-state index contributed by atoms with van der Waals surface area (Å²) in [5.74, 6) is -0.144. The van der Waals surface area contributed by atoms with E-state index in [9.17, 15) is 4.79 Å². The van der Waals surface area contributed by atoms with Gasteiger partial charge in [0.1, 0.15) is 6.10 Å². The molecule has 1 unspecified atom stereocenters. The number of carbonyl (C=O) groups is 1. The predicted octanol–water partition coefficient (Wildman–Crippen LogP) is 4.88. The fourth-order valence-corrected chi connectivity index (χ4v) is 3.22. The van der Waals surface area contributed by atoms with E-state index in [-0.39, 0.29) is 12.1 Å². The Balaban J connectivity index is 1.76. The molecule has 0 aromatic heterocycles. The molecule has 0 heterocycles. The molecule has 3 aromatic carbocycles. The topological polar surface area (TPSA) is 26.3 Å². The fraction of sp³-hybridized carbons (Fsp3) is 0.190. The Morgan fingerprint density at radius 2 is 1.74 bits per heavy atom. The van der Waals surface area contributed by atoms with Crippen molar-refractivity contribution in [1.29, 1.82) is 0 Å². The molecule has 2 heteroatoms. The van der Waals surface area contributed by atoms with Crippen LogP contribution >= 0.6 is 0 Å². The first-order chi connectivity index (χ1) is 11.2. The first kappa shape index (κ1) is 14.0. The highest BCUT2D eigenvalue weighted by Gasteiger charge is 2.17. The van der Waals surface area contributed by atoms with Crippen LogP contribution in [0.5, 0.6) is 0 Å². The Morgan fingerprint density at radius 3 is 2.43 bits per heavy atom. The van der Waals surface area contributed by atoms with Gasteiger partial charge in [0.15, 0.2) is 0 Å². The highest BCUT2D eigenvalue weighted by Crippen LogP contribution is 2.29. The van der Waals surface area contributed by atoms with Gasteiger partial charge in [0.05, 0.1) is 0 Å². The number of benzene rings is 3. The molecule has 0 radical (unpaired) electrons. The van der Waals surface area contributed by atoms with Crippen LogP contribution in [-0.2, 0) is 16.0 Å². The maximum atomic E-state index is 11.5. The van der Waals surface area contributed by atoms with Crippen molar-refractivity contribution in [3.63, 3.8) is 0 Å². The quantitative estimate of drug-likeness (QED) is 0.498. The number of ether oxygens (including phenoxy) is 1. The summed E-state index contributed by atoms with van der Waals surface area (Å²) in [6, 6.07) is 17.3. The Hall–Kier alpha value is -2.61. The number of hydrogen-bond donors (Lipinski definition) is 0. The zero-order chi connectivity index (χ0) is 15.8. The second-order valence-corrected chi connectivity index (χ2v) is 6.04. The van der Waals surface area contributed by atoms with Gasteiger partial charge in [-0.2, -0.15) is 0 Å². The van der Waals surface area contributed by atoms with Gasteiger partial charge in [-0.25, -0.2) is 0 Å². The third-order valence-electron chi connectivity index (χ3n) is 4.45. The summed E-state index contributed by atoms with van der Waals surface area (Å²) in [6.07, 6.45) is 5.08. The summed E-state index contributed by atoms with van der Waals surface area (Å²) in [4.78, 5) is 11.5. The lowest BCUT2D eigenvalue weighted by atomic mass is 9.91. The Kier molecular flexibility index (Phi) is 3.38. The van der Waals surface area contributed by atoms with Crippen molar-refractivity contribution in [2.24, 2.45) is 0 Å². The Labute approximate surface area is 135 Å². The maximum absolute atomic E-state index is 11.5. The van der Waals surface area contributed by atoms with E-state index < -0.39 is 0 Å². The van der Waals surface area contributed by atoms with Crippen LogP contribution in [0.15, 0.2) is 54.6 Å². The van der Waals surface area contributed by atoms with E-state index in [4.69, 9.17) is 4.74 Å². The van der Waals surface area contributed by atoms with Crippen LogP contribution in [-0.4, -0.2) is 12.1 Å². The van der Waals surface area contributed by atoms with Crippen LogP contribution < -0.4 is 0 Å². The highest BCUT2D eigenvalue weighted by molar-refractivity contribution is 5.99. The zero-order valence-corrected chi connectivity index (χ0v) is 13.1. The van der Waals surface area contributed by atoms with Gasteiger partial charge in [-0.3, -0.25) is 4.79 Å². The van der Waals surface area contributed by atoms with E-state index in [1.54, 1.807) is 0 Å². The lowest BCUT2D eigenvalue weighted by Crippen LogP contribution is -2.20. The minimum absolute atomic E-state index is 0.144. The number of esters is 1. The smallest absolute Gasteiger partial charge is 0.306 e. The summed E-state index contributed by atoms with van der Waals surface area (Å²) in [7, 11) is 0. The minimum Gasteiger partial charge on any atom is -0.458 e. The van der Waals surface area contributed by atoms with Crippen LogP contribution in [0.4, 0.5) is 0 Å². The summed E-state index contributed by atoms with van der Waals surface area (Å²) in [5, 5.41) is 4.99. The van der Waals surface area contributed by atoms with Gasteiger partial charge in [0.2, 0.25) is 0 Å². The molecule has 0 aliphatic heterocycles. The Morgan fingerprint density at radius 1 is 1.04 bits per heavy atom. The predicted molar refractivity (Wildman–Crippen MR) is 94.4 cm³/mol. The molecule has 4 rings (SSSR count). The molecule has 23 heavy (non-hydrogen) atoms. The van der Waals surface area contributed by atoms with E-state index in [2.05, 4.69) is 54.6 Å². The molecule has 0 bridgehead atoms. The molecule has 0 saturated heterocycles. The molecule has 2 nitrogen and oxygen atoms in total.